The van der Waals surface area contributed by atoms with Crippen LogP contribution in [0.5, 0.6) is 0 Å². The molecule has 2 aromatic carbocycles. The molecule has 0 heterocycles. The van der Waals surface area contributed by atoms with Gasteiger partial charge >= 0.3 is 6.18 Å². The summed E-state index contributed by atoms with van der Waals surface area (Å²) >= 11 is 0. The third kappa shape index (κ3) is 5.59. The highest BCUT2D eigenvalue weighted by molar-refractivity contribution is 6.07. The van der Waals surface area contributed by atoms with Gasteiger partial charge in [-0.25, -0.2) is 4.39 Å². The number of aryl methyl sites for hydroxylation is 1. The van der Waals surface area contributed by atoms with Gasteiger partial charge in [0.1, 0.15) is 17.7 Å². The van der Waals surface area contributed by atoms with Crippen LogP contribution in [0.2, 0.25) is 0 Å². The number of anilines is 2. The van der Waals surface area contributed by atoms with E-state index in [0.29, 0.717) is 22.5 Å². The molecule has 0 saturated heterocycles. The zero-order chi connectivity index (χ0) is 25.2. The molecule has 1 aliphatic carbocycles. The molecule has 2 amide bonds. The van der Waals surface area contributed by atoms with Crippen molar-refractivity contribution >= 4 is 35.4 Å². The maximum atomic E-state index is 14.5. The number of nitrogens with zero attached hydrogens (tertiary/aromatic N) is 1. The summed E-state index contributed by atoms with van der Waals surface area (Å²) in [6.45, 7) is 2.42. The number of amides is 2. The fourth-order valence-corrected chi connectivity index (χ4v) is 3.18. The van der Waals surface area contributed by atoms with Crippen molar-refractivity contribution in [1.82, 2.24) is 4.90 Å². The quantitative estimate of drug-likeness (QED) is 0.258. The molecule has 2 aromatic rings. The third-order valence-corrected chi connectivity index (χ3v) is 5.45. The number of benzene rings is 2. The lowest BCUT2D eigenvalue weighted by atomic mass is 10.1. The van der Waals surface area contributed by atoms with Crippen LogP contribution in [0.4, 0.5) is 28.9 Å². The second kappa shape index (κ2) is 9.62. The van der Waals surface area contributed by atoms with Crippen LogP contribution in [0.25, 0.3) is 0 Å². The lowest BCUT2D eigenvalue weighted by Crippen LogP contribution is -2.46. The fourth-order valence-electron chi connectivity index (χ4n) is 3.18. The number of alkyl halides is 3. The van der Waals surface area contributed by atoms with Crippen molar-refractivity contribution < 1.29 is 27.2 Å². The predicted molar refractivity (Wildman–Crippen MR) is 120 cm³/mol. The lowest BCUT2D eigenvalue weighted by molar-refractivity contribution is -0.160. The van der Waals surface area contributed by atoms with Crippen molar-refractivity contribution in [2.45, 2.75) is 38.9 Å². The SMILES string of the molecule is Cc1cc(F)c(C(=O)Nc2cccc(C(=N)N(C=N)[C@@H](C)C(F)(F)F)c2)cc1NC(=O)C1CC1. The van der Waals surface area contributed by atoms with Crippen LogP contribution in [0.15, 0.2) is 36.4 Å². The Labute approximate surface area is 193 Å². The first-order chi connectivity index (χ1) is 15.9. The highest BCUT2D eigenvalue weighted by Crippen LogP contribution is 2.31. The largest absolute Gasteiger partial charge is 0.408 e. The van der Waals surface area contributed by atoms with E-state index < -0.39 is 29.8 Å². The molecule has 0 aliphatic heterocycles. The molecule has 11 heteroatoms. The average molecular weight is 477 g/mol. The minimum atomic E-state index is -4.66. The van der Waals surface area contributed by atoms with Gasteiger partial charge in [-0.2, -0.15) is 13.2 Å². The van der Waals surface area contributed by atoms with E-state index in [1.807, 2.05) is 0 Å². The molecule has 34 heavy (non-hydrogen) atoms. The van der Waals surface area contributed by atoms with Crippen LogP contribution in [0, 0.1) is 29.5 Å². The van der Waals surface area contributed by atoms with Gasteiger partial charge in [0.2, 0.25) is 5.91 Å². The Bertz CT molecular complexity index is 1140. The number of hydrogen-bond acceptors (Lipinski definition) is 4. The van der Waals surface area contributed by atoms with Gasteiger partial charge in [-0.05, 0) is 56.5 Å². The number of halogens is 4. The zero-order valence-corrected chi connectivity index (χ0v) is 18.4. The molecule has 7 nitrogen and oxygen atoms in total. The smallest absolute Gasteiger partial charge is 0.326 e. The summed E-state index contributed by atoms with van der Waals surface area (Å²) in [5.41, 5.74) is 0.550. The number of nitrogens with one attached hydrogen (secondary N) is 4. The molecular formula is C23H23F4N5O2. The second-order valence-corrected chi connectivity index (χ2v) is 8.05. The number of hydrogen-bond donors (Lipinski definition) is 4. The van der Waals surface area contributed by atoms with E-state index in [0.717, 1.165) is 25.8 Å². The van der Waals surface area contributed by atoms with Crippen molar-refractivity contribution in [3.63, 3.8) is 0 Å². The van der Waals surface area contributed by atoms with Gasteiger partial charge in [0.15, 0.2) is 0 Å². The van der Waals surface area contributed by atoms with E-state index in [2.05, 4.69) is 10.6 Å². The monoisotopic (exact) mass is 477 g/mol. The van der Waals surface area contributed by atoms with Gasteiger partial charge in [-0.1, -0.05) is 12.1 Å². The molecule has 0 spiro atoms. The van der Waals surface area contributed by atoms with Gasteiger partial charge in [0.25, 0.3) is 5.91 Å². The van der Waals surface area contributed by atoms with Crippen LogP contribution in [0.1, 0.15) is 41.3 Å². The molecule has 0 bridgehead atoms. The summed E-state index contributed by atoms with van der Waals surface area (Å²) in [4.78, 5) is 25.2. The first kappa shape index (κ1) is 24.9. The number of carbonyl (C=O) groups excluding carboxylic acids is 2. The summed E-state index contributed by atoms with van der Waals surface area (Å²) < 4.78 is 53.7. The number of rotatable bonds is 7. The van der Waals surface area contributed by atoms with Crippen molar-refractivity contribution in [1.29, 1.82) is 10.8 Å². The predicted octanol–water partition coefficient (Wildman–Crippen LogP) is 4.92. The van der Waals surface area contributed by atoms with Gasteiger partial charge in [-0.15, -0.1) is 0 Å². The summed E-state index contributed by atoms with van der Waals surface area (Å²) in [6, 6.07) is 5.70. The molecule has 4 N–H and O–H groups in total. The van der Waals surface area contributed by atoms with E-state index in [4.69, 9.17) is 10.8 Å². The minimum absolute atomic E-state index is 0.0131. The van der Waals surface area contributed by atoms with E-state index in [9.17, 15) is 27.2 Å². The molecule has 3 rings (SSSR count). The van der Waals surface area contributed by atoms with E-state index in [1.165, 1.54) is 30.3 Å². The minimum Gasteiger partial charge on any atom is -0.326 e. The fraction of sp³-hybridized carbons (Fsp3) is 0.304. The van der Waals surface area contributed by atoms with Crippen molar-refractivity contribution in [2.75, 3.05) is 10.6 Å². The van der Waals surface area contributed by atoms with Crippen LogP contribution >= 0.6 is 0 Å². The van der Waals surface area contributed by atoms with Gasteiger partial charge in [0, 0.05) is 22.9 Å². The Kier molecular flexibility index (Phi) is 7.04. The Morgan fingerprint density at radius 3 is 2.44 bits per heavy atom. The standard InChI is InChI=1S/C23H23F4N5O2/c1-12-8-18(24)17(10-19(12)31-21(33)14-6-7-14)22(34)30-16-5-3-4-15(9-16)20(29)32(11-28)13(2)23(25,26)27/h3-5,8-11,13-14,28-29H,6-7H2,1-2H3,(H,30,34)(H,31,33)/t13-/m0/s1. The van der Waals surface area contributed by atoms with Crippen LogP contribution < -0.4 is 10.6 Å². The Hall–Kier alpha value is -3.76. The van der Waals surface area contributed by atoms with E-state index in [1.54, 1.807) is 6.92 Å². The van der Waals surface area contributed by atoms with Crippen LogP contribution in [-0.2, 0) is 4.79 Å². The summed E-state index contributed by atoms with van der Waals surface area (Å²) in [6.07, 6.45) is -2.69. The Morgan fingerprint density at radius 2 is 1.85 bits per heavy atom. The number of carbonyl (C=O) groups is 2. The first-order valence-electron chi connectivity index (χ1n) is 10.4. The third-order valence-electron chi connectivity index (χ3n) is 5.45. The molecule has 0 aromatic heterocycles. The number of amidine groups is 1. The second-order valence-electron chi connectivity index (χ2n) is 8.05. The van der Waals surface area contributed by atoms with Crippen molar-refractivity contribution in [2.24, 2.45) is 5.92 Å². The summed E-state index contributed by atoms with van der Waals surface area (Å²) in [7, 11) is 0. The van der Waals surface area contributed by atoms with E-state index in [-0.39, 0.29) is 28.6 Å². The molecular weight excluding hydrogens is 454 g/mol. The van der Waals surface area contributed by atoms with Crippen LogP contribution in [0.3, 0.4) is 0 Å². The summed E-state index contributed by atoms with van der Waals surface area (Å²) in [5, 5.41) is 20.5. The van der Waals surface area contributed by atoms with Crippen LogP contribution in [-0.4, -0.2) is 41.1 Å². The first-order valence-corrected chi connectivity index (χ1v) is 10.4. The molecule has 1 saturated carbocycles. The van der Waals surface area contributed by atoms with Crippen molar-refractivity contribution in [3.8, 4) is 0 Å². The van der Waals surface area contributed by atoms with Gasteiger partial charge in [0.05, 0.1) is 11.9 Å². The van der Waals surface area contributed by atoms with Gasteiger partial charge in [-0.3, -0.25) is 20.4 Å². The zero-order valence-electron chi connectivity index (χ0n) is 18.4. The molecule has 180 valence electrons. The Morgan fingerprint density at radius 1 is 1.18 bits per heavy atom. The molecule has 0 radical (unpaired) electrons. The van der Waals surface area contributed by atoms with Gasteiger partial charge < -0.3 is 15.5 Å². The van der Waals surface area contributed by atoms with Crippen molar-refractivity contribution in [3.05, 3.63) is 58.9 Å². The lowest BCUT2D eigenvalue weighted by Gasteiger charge is -2.28. The maximum Gasteiger partial charge on any atom is 0.408 e. The van der Waals surface area contributed by atoms with E-state index >= 15 is 0 Å². The summed E-state index contributed by atoms with van der Waals surface area (Å²) in [5.74, 6) is -2.52. The topological polar surface area (TPSA) is 109 Å². The molecule has 0 unspecified atom stereocenters. The molecule has 1 atom stereocenters. The average Bonchev–Trinajstić information content (AvgIpc) is 3.61. The maximum absolute atomic E-state index is 14.5. The normalized spacial score (nSPS) is 14.2. The Balaban J connectivity index is 1.80. The highest BCUT2D eigenvalue weighted by atomic mass is 19.4. The molecule has 1 fully saturated rings. The molecule has 1 aliphatic rings. The highest BCUT2D eigenvalue weighted by Gasteiger charge is 2.41.